The van der Waals surface area contributed by atoms with Crippen molar-refractivity contribution in [1.29, 1.82) is 0 Å². The number of amides is 1. The van der Waals surface area contributed by atoms with E-state index in [1.165, 1.54) is 5.56 Å². The van der Waals surface area contributed by atoms with Gasteiger partial charge in [0.1, 0.15) is 0 Å². The Kier molecular flexibility index (Phi) is 5.52. The van der Waals surface area contributed by atoms with Gasteiger partial charge in [0.2, 0.25) is 5.91 Å². The first-order valence-corrected chi connectivity index (χ1v) is 7.77. The summed E-state index contributed by atoms with van der Waals surface area (Å²) in [6.07, 6.45) is 1.29. The van der Waals surface area contributed by atoms with Crippen LogP contribution in [0.2, 0.25) is 0 Å². The minimum atomic E-state index is -0.183. The van der Waals surface area contributed by atoms with Crippen LogP contribution >= 0.6 is 0 Å². The Morgan fingerprint density at radius 2 is 1.74 bits per heavy atom. The number of ketones is 1. The molecule has 3 N–H and O–H groups in total. The highest BCUT2D eigenvalue weighted by Gasteiger charge is 2.10. The monoisotopic (exact) mass is 310 g/mol. The second-order valence-corrected chi connectivity index (χ2v) is 5.60. The molecule has 0 bridgehead atoms. The Balaban J connectivity index is 1.90. The standard InChI is InChI=1S/C19H22N2O2/c1-3-14-5-7-15(8-6-14)18(22)10-11-19(23)21-17-12-16(20)9-4-13(17)2/h4-9,12H,3,10-11,20H2,1-2H3,(H,21,23). The van der Waals surface area contributed by atoms with Crippen molar-refractivity contribution in [3.63, 3.8) is 0 Å². The van der Waals surface area contributed by atoms with E-state index in [0.29, 0.717) is 16.9 Å². The number of nitrogens with one attached hydrogen (secondary N) is 1. The lowest BCUT2D eigenvalue weighted by Gasteiger charge is -2.09. The van der Waals surface area contributed by atoms with Crippen LogP contribution < -0.4 is 11.1 Å². The molecule has 1 amide bonds. The Labute approximate surface area is 136 Å². The molecule has 0 saturated heterocycles. The van der Waals surface area contributed by atoms with Crippen LogP contribution in [0.3, 0.4) is 0 Å². The zero-order valence-corrected chi connectivity index (χ0v) is 13.6. The molecule has 0 fully saturated rings. The summed E-state index contributed by atoms with van der Waals surface area (Å²) in [6.45, 7) is 3.97. The van der Waals surface area contributed by atoms with Crippen LogP contribution in [0.4, 0.5) is 11.4 Å². The van der Waals surface area contributed by atoms with E-state index in [-0.39, 0.29) is 24.5 Å². The molecular formula is C19H22N2O2. The first-order chi connectivity index (χ1) is 11.0. The Bertz CT molecular complexity index is 706. The fraction of sp³-hybridized carbons (Fsp3) is 0.263. The number of benzene rings is 2. The van der Waals surface area contributed by atoms with Gasteiger partial charge in [0.15, 0.2) is 5.78 Å². The molecule has 2 aromatic rings. The molecule has 0 aliphatic rings. The van der Waals surface area contributed by atoms with E-state index in [2.05, 4.69) is 12.2 Å². The first kappa shape index (κ1) is 16.7. The van der Waals surface area contributed by atoms with Crippen LogP contribution in [0, 0.1) is 6.92 Å². The summed E-state index contributed by atoms with van der Waals surface area (Å²) in [6, 6.07) is 12.9. The summed E-state index contributed by atoms with van der Waals surface area (Å²) in [5.41, 5.74) is 9.78. The fourth-order valence-corrected chi connectivity index (χ4v) is 2.28. The normalized spacial score (nSPS) is 10.3. The van der Waals surface area contributed by atoms with Gasteiger partial charge in [0, 0.05) is 29.8 Å². The molecule has 0 saturated carbocycles. The van der Waals surface area contributed by atoms with Gasteiger partial charge in [-0.3, -0.25) is 9.59 Å². The van der Waals surface area contributed by atoms with Crippen molar-refractivity contribution in [2.24, 2.45) is 0 Å². The maximum Gasteiger partial charge on any atom is 0.224 e. The molecule has 2 aromatic carbocycles. The highest BCUT2D eigenvalue weighted by atomic mass is 16.2. The average molecular weight is 310 g/mol. The molecule has 0 aliphatic carbocycles. The number of hydrogen-bond acceptors (Lipinski definition) is 3. The number of anilines is 2. The molecule has 23 heavy (non-hydrogen) atoms. The van der Waals surface area contributed by atoms with Gasteiger partial charge in [-0.05, 0) is 36.6 Å². The van der Waals surface area contributed by atoms with Crippen LogP contribution in [0.25, 0.3) is 0 Å². The third kappa shape index (κ3) is 4.68. The van der Waals surface area contributed by atoms with E-state index in [1.54, 1.807) is 12.1 Å². The molecule has 0 radical (unpaired) electrons. The van der Waals surface area contributed by atoms with Crippen molar-refractivity contribution < 1.29 is 9.59 Å². The lowest BCUT2D eigenvalue weighted by molar-refractivity contribution is -0.116. The van der Waals surface area contributed by atoms with E-state index in [4.69, 9.17) is 5.73 Å². The quantitative estimate of drug-likeness (QED) is 0.630. The predicted molar refractivity (Wildman–Crippen MR) is 93.6 cm³/mol. The molecule has 4 heteroatoms. The molecule has 0 aromatic heterocycles. The molecule has 4 nitrogen and oxygen atoms in total. The van der Waals surface area contributed by atoms with E-state index < -0.39 is 0 Å². The smallest absolute Gasteiger partial charge is 0.224 e. The van der Waals surface area contributed by atoms with Crippen molar-refractivity contribution >= 4 is 23.1 Å². The van der Waals surface area contributed by atoms with Crippen molar-refractivity contribution in [1.82, 2.24) is 0 Å². The molecule has 0 aliphatic heterocycles. The summed E-state index contributed by atoms with van der Waals surface area (Å²) in [4.78, 5) is 24.1. The lowest BCUT2D eigenvalue weighted by atomic mass is 10.0. The van der Waals surface area contributed by atoms with Gasteiger partial charge in [-0.25, -0.2) is 0 Å². The largest absolute Gasteiger partial charge is 0.399 e. The summed E-state index contributed by atoms with van der Waals surface area (Å²) in [5.74, 6) is -0.204. The van der Waals surface area contributed by atoms with Crippen LogP contribution in [-0.2, 0) is 11.2 Å². The van der Waals surface area contributed by atoms with Crippen molar-refractivity contribution in [2.45, 2.75) is 33.1 Å². The van der Waals surface area contributed by atoms with Crippen molar-refractivity contribution in [3.05, 3.63) is 59.2 Å². The number of hydrogen-bond donors (Lipinski definition) is 2. The molecule has 2 rings (SSSR count). The van der Waals surface area contributed by atoms with Gasteiger partial charge in [0.05, 0.1) is 0 Å². The highest BCUT2D eigenvalue weighted by molar-refractivity contribution is 6.00. The average Bonchev–Trinajstić information content (AvgIpc) is 2.56. The zero-order valence-electron chi connectivity index (χ0n) is 13.6. The molecule has 0 atom stereocenters. The second-order valence-electron chi connectivity index (χ2n) is 5.60. The number of rotatable bonds is 6. The molecular weight excluding hydrogens is 288 g/mol. The third-order valence-electron chi connectivity index (χ3n) is 3.80. The molecule has 0 heterocycles. The van der Waals surface area contributed by atoms with E-state index in [9.17, 15) is 9.59 Å². The molecule has 0 spiro atoms. The van der Waals surface area contributed by atoms with E-state index in [1.807, 2.05) is 37.3 Å². The maximum absolute atomic E-state index is 12.1. The van der Waals surface area contributed by atoms with E-state index >= 15 is 0 Å². The molecule has 0 unspecified atom stereocenters. The number of Topliss-reactive ketones (excluding diaryl/α,β-unsaturated/α-hetero) is 1. The number of nitrogen functional groups attached to an aromatic ring is 1. The van der Waals surface area contributed by atoms with Crippen molar-refractivity contribution in [3.8, 4) is 0 Å². The zero-order chi connectivity index (χ0) is 16.8. The second kappa shape index (κ2) is 7.58. The van der Waals surface area contributed by atoms with Crippen LogP contribution in [0.15, 0.2) is 42.5 Å². The summed E-state index contributed by atoms with van der Waals surface area (Å²) >= 11 is 0. The van der Waals surface area contributed by atoms with Gasteiger partial charge >= 0.3 is 0 Å². The van der Waals surface area contributed by atoms with E-state index in [0.717, 1.165) is 12.0 Å². The maximum atomic E-state index is 12.1. The van der Waals surface area contributed by atoms with Gasteiger partial charge < -0.3 is 11.1 Å². The van der Waals surface area contributed by atoms with Gasteiger partial charge in [-0.15, -0.1) is 0 Å². The summed E-state index contributed by atoms with van der Waals surface area (Å²) in [5, 5.41) is 2.80. The van der Waals surface area contributed by atoms with Crippen LogP contribution in [0.1, 0.15) is 41.3 Å². The Morgan fingerprint density at radius 3 is 2.39 bits per heavy atom. The lowest BCUT2D eigenvalue weighted by Crippen LogP contribution is -2.14. The molecule has 120 valence electrons. The number of aryl methyl sites for hydroxylation is 2. The summed E-state index contributed by atoms with van der Waals surface area (Å²) in [7, 11) is 0. The Hall–Kier alpha value is -2.62. The third-order valence-corrected chi connectivity index (χ3v) is 3.80. The van der Waals surface area contributed by atoms with Gasteiger partial charge in [0.25, 0.3) is 0 Å². The highest BCUT2D eigenvalue weighted by Crippen LogP contribution is 2.18. The first-order valence-electron chi connectivity index (χ1n) is 7.77. The summed E-state index contributed by atoms with van der Waals surface area (Å²) < 4.78 is 0. The fourth-order valence-electron chi connectivity index (χ4n) is 2.28. The van der Waals surface area contributed by atoms with Gasteiger partial charge in [-0.1, -0.05) is 37.3 Å². The van der Waals surface area contributed by atoms with Crippen LogP contribution in [-0.4, -0.2) is 11.7 Å². The minimum absolute atomic E-state index is 0.0212. The Morgan fingerprint density at radius 1 is 1.04 bits per heavy atom. The SMILES string of the molecule is CCc1ccc(C(=O)CCC(=O)Nc2cc(N)ccc2C)cc1. The number of carbonyl (C=O) groups excluding carboxylic acids is 2. The predicted octanol–water partition coefficient (Wildman–Crippen LogP) is 3.74. The van der Waals surface area contributed by atoms with Gasteiger partial charge in [-0.2, -0.15) is 0 Å². The van der Waals surface area contributed by atoms with Crippen LogP contribution in [0.5, 0.6) is 0 Å². The van der Waals surface area contributed by atoms with Crippen molar-refractivity contribution in [2.75, 3.05) is 11.1 Å². The minimum Gasteiger partial charge on any atom is -0.399 e. The number of nitrogens with two attached hydrogens (primary N) is 1. The number of carbonyl (C=O) groups is 2. The topological polar surface area (TPSA) is 72.2 Å².